The predicted octanol–water partition coefficient (Wildman–Crippen LogP) is 0.610. The van der Waals surface area contributed by atoms with Gasteiger partial charge in [-0.15, -0.1) is 0 Å². The van der Waals surface area contributed by atoms with Gasteiger partial charge in [0.1, 0.15) is 0 Å². The van der Waals surface area contributed by atoms with Crippen molar-refractivity contribution in [3.63, 3.8) is 0 Å². The smallest absolute Gasteiger partial charge is 0.748 e. The summed E-state index contributed by atoms with van der Waals surface area (Å²) in [5.74, 6) is -1.67. The number of rotatable bonds is 15. The minimum atomic E-state index is -3.92. The van der Waals surface area contributed by atoms with Gasteiger partial charge in [0.2, 0.25) is 5.91 Å². The van der Waals surface area contributed by atoms with Gasteiger partial charge in [-0.25, -0.2) is 13.2 Å². The molecule has 2 N–H and O–H groups in total. The first kappa shape index (κ1) is 32.3. The van der Waals surface area contributed by atoms with Crippen molar-refractivity contribution in [3.8, 4) is 0 Å². The molecule has 0 fully saturated rings. The Balaban J connectivity index is -0.000000665. The summed E-state index contributed by atoms with van der Waals surface area (Å²) in [6, 6.07) is 0. The molecule has 7 nitrogen and oxygen atoms in total. The molecule has 0 heterocycles. The van der Waals surface area contributed by atoms with Crippen LogP contribution in [-0.2, 0) is 19.7 Å². The summed E-state index contributed by atoms with van der Waals surface area (Å²) in [4.78, 5) is 21.3. The van der Waals surface area contributed by atoms with Gasteiger partial charge in [-0.1, -0.05) is 71.6 Å². The molecule has 0 bridgehead atoms. The second-order valence-electron chi connectivity index (χ2n) is 6.41. The molecule has 0 aliphatic rings. The minimum absolute atomic E-state index is 0. The second-order valence-corrected chi connectivity index (χ2v) is 7.93. The third-order valence-electron chi connectivity index (χ3n) is 3.66. The fraction of sp³-hybridized carbons (Fsp3) is 0.789. The van der Waals surface area contributed by atoms with Crippen LogP contribution in [0.3, 0.4) is 0 Å². The standard InChI is InChI=1S/C16H29NO3.C3H8O3S.Na/c1-2-3-4-5-6-7-8-9-10-11-14-17-15(18)12-13-16(19)20;1-2-3-7(4,5)6;/h12-13H,2-11,14H2,1H3,(H,17,18)(H,19,20);2-3H2,1H3,(H,4,5,6);/q;;+1/p-1/b13-12-;;. The topological polar surface area (TPSA) is 124 Å². The van der Waals surface area contributed by atoms with Crippen molar-refractivity contribution < 1.29 is 57.2 Å². The van der Waals surface area contributed by atoms with E-state index < -0.39 is 16.1 Å². The fourth-order valence-electron chi connectivity index (χ4n) is 2.28. The number of unbranched alkanes of at least 4 members (excludes halogenated alkanes) is 9. The molecule has 0 aliphatic carbocycles. The molecule has 0 spiro atoms. The molecule has 0 rings (SSSR count). The first-order valence-corrected chi connectivity index (χ1v) is 11.4. The molecular formula is C19H36NNaO6S. The van der Waals surface area contributed by atoms with E-state index >= 15 is 0 Å². The molecule has 0 saturated heterocycles. The van der Waals surface area contributed by atoms with E-state index in [9.17, 15) is 22.6 Å². The summed E-state index contributed by atoms with van der Waals surface area (Å²) in [6.45, 7) is 4.50. The molecule has 0 aromatic heterocycles. The zero-order valence-electron chi connectivity index (χ0n) is 17.7. The summed E-state index contributed by atoms with van der Waals surface area (Å²) < 4.78 is 29.0. The molecule has 160 valence electrons. The van der Waals surface area contributed by atoms with E-state index in [1.807, 2.05) is 0 Å². The number of carbonyl (C=O) groups excluding carboxylic acids is 1. The average Bonchev–Trinajstić information content (AvgIpc) is 2.57. The molecule has 0 unspecified atom stereocenters. The molecule has 0 aromatic rings. The second kappa shape index (κ2) is 22.9. The fourth-order valence-corrected chi connectivity index (χ4v) is 2.78. The first-order chi connectivity index (χ1) is 12.7. The van der Waals surface area contributed by atoms with Gasteiger partial charge in [-0.05, 0) is 12.8 Å². The van der Waals surface area contributed by atoms with Crippen molar-refractivity contribution in [1.29, 1.82) is 0 Å². The number of nitrogens with one attached hydrogen (secondary N) is 1. The maximum absolute atomic E-state index is 11.1. The van der Waals surface area contributed by atoms with E-state index in [0.717, 1.165) is 25.0 Å². The SMILES string of the molecule is CCCCCCCCCCCCNC(=O)/C=C\C(=O)O.CCCS(=O)(=O)[O-].[Na+]. The number of carbonyl (C=O) groups is 2. The van der Waals surface area contributed by atoms with E-state index in [0.29, 0.717) is 13.0 Å². The number of hydrogen-bond acceptors (Lipinski definition) is 5. The molecule has 0 aromatic carbocycles. The maximum Gasteiger partial charge on any atom is 1.00 e. The van der Waals surface area contributed by atoms with Crippen LogP contribution < -0.4 is 34.9 Å². The Labute approximate surface area is 192 Å². The number of amides is 1. The summed E-state index contributed by atoms with van der Waals surface area (Å²) in [6.07, 6.45) is 14.9. The molecule has 0 aliphatic heterocycles. The van der Waals surface area contributed by atoms with E-state index in [1.54, 1.807) is 6.92 Å². The zero-order chi connectivity index (χ0) is 21.0. The molecule has 28 heavy (non-hydrogen) atoms. The maximum atomic E-state index is 11.1. The van der Waals surface area contributed by atoms with E-state index in [1.165, 1.54) is 51.4 Å². The van der Waals surface area contributed by atoms with Gasteiger partial charge in [0.25, 0.3) is 0 Å². The summed E-state index contributed by atoms with van der Waals surface area (Å²) in [7, 11) is -3.92. The molecule has 1 amide bonds. The number of aliphatic carboxylic acids is 1. The van der Waals surface area contributed by atoms with Crippen LogP contribution in [0.5, 0.6) is 0 Å². The van der Waals surface area contributed by atoms with Crippen molar-refractivity contribution in [2.45, 2.75) is 84.5 Å². The average molecular weight is 430 g/mol. The Morgan fingerprint density at radius 3 is 1.68 bits per heavy atom. The van der Waals surface area contributed by atoms with Crippen molar-refractivity contribution in [2.75, 3.05) is 12.3 Å². The van der Waals surface area contributed by atoms with Crippen molar-refractivity contribution in [3.05, 3.63) is 12.2 Å². The zero-order valence-corrected chi connectivity index (χ0v) is 20.6. The van der Waals surface area contributed by atoms with Gasteiger partial charge >= 0.3 is 35.5 Å². The van der Waals surface area contributed by atoms with Gasteiger partial charge in [0, 0.05) is 24.4 Å². The molecule has 0 saturated carbocycles. The third kappa shape index (κ3) is 33.2. The van der Waals surface area contributed by atoms with Gasteiger partial charge in [-0.3, -0.25) is 4.79 Å². The Hall–Kier alpha value is -0.410. The van der Waals surface area contributed by atoms with Crippen LogP contribution in [0, 0.1) is 0 Å². The largest absolute Gasteiger partial charge is 1.00 e. The summed E-state index contributed by atoms with van der Waals surface area (Å²) in [5, 5.41) is 11.0. The Bertz CT molecular complexity index is 509. The summed E-state index contributed by atoms with van der Waals surface area (Å²) >= 11 is 0. The quantitative estimate of drug-likeness (QED) is 0.170. The van der Waals surface area contributed by atoms with Gasteiger partial charge in [-0.2, -0.15) is 0 Å². The Morgan fingerprint density at radius 1 is 0.857 bits per heavy atom. The number of carboxylic acid groups (broad SMARTS) is 1. The first-order valence-electron chi connectivity index (χ1n) is 9.85. The van der Waals surface area contributed by atoms with Gasteiger partial charge in [0.15, 0.2) is 0 Å². The predicted molar refractivity (Wildman–Crippen MR) is 106 cm³/mol. The summed E-state index contributed by atoms with van der Waals surface area (Å²) in [5.41, 5.74) is 0. The Morgan fingerprint density at radius 2 is 1.32 bits per heavy atom. The van der Waals surface area contributed by atoms with E-state index in [2.05, 4.69) is 12.2 Å². The normalized spacial score (nSPS) is 10.7. The third-order valence-corrected chi connectivity index (χ3v) is 4.57. The van der Waals surface area contributed by atoms with Crippen molar-refractivity contribution >= 4 is 22.0 Å². The Kier molecular flexibility index (Phi) is 26.4. The van der Waals surface area contributed by atoms with Crippen LogP contribution in [0.25, 0.3) is 0 Å². The van der Waals surface area contributed by atoms with Crippen LogP contribution >= 0.6 is 0 Å². The number of hydrogen-bond donors (Lipinski definition) is 2. The van der Waals surface area contributed by atoms with E-state index in [-0.39, 0.29) is 41.2 Å². The van der Waals surface area contributed by atoms with Crippen LogP contribution in [0.4, 0.5) is 0 Å². The monoisotopic (exact) mass is 429 g/mol. The number of carboxylic acids is 1. The minimum Gasteiger partial charge on any atom is -0.748 e. The van der Waals surface area contributed by atoms with Crippen molar-refractivity contribution in [2.24, 2.45) is 0 Å². The molecule has 9 heteroatoms. The van der Waals surface area contributed by atoms with Crippen LogP contribution in [0.1, 0.15) is 84.5 Å². The van der Waals surface area contributed by atoms with Crippen LogP contribution in [0.2, 0.25) is 0 Å². The molecule has 0 atom stereocenters. The van der Waals surface area contributed by atoms with Gasteiger partial charge in [0.05, 0.1) is 10.1 Å². The molecular weight excluding hydrogens is 393 g/mol. The van der Waals surface area contributed by atoms with Gasteiger partial charge < -0.3 is 15.0 Å². The molecule has 0 radical (unpaired) electrons. The van der Waals surface area contributed by atoms with E-state index in [4.69, 9.17) is 5.11 Å². The van der Waals surface area contributed by atoms with Crippen LogP contribution in [0.15, 0.2) is 12.2 Å². The van der Waals surface area contributed by atoms with Crippen LogP contribution in [-0.4, -0.2) is 42.3 Å². The van der Waals surface area contributed by atoms with Crippen molar-refractivity contribution in [1.82, 2.24) is 5.32 Å².